The van der Waals surface area contributed by atoms with Crippen LogP contribution in [-0.2, 0) is 4.79 Å². The van der Waals surface area contributed by atoms with Crippen molar-refractivity contribution in [3.8, 4) is 11.6 Å². The van der Waals surface area contributed by atoms with Crippen LogP contribution in [0.15, 0.2) is 60.2 Å². The molecule has 0 saturated carbocycles. The molecule has 2 aromatic carbocycles. The summed E-state index contributed by atoms with van der Waals surface area (Å²) in [5.74, 6) is 0.284. The summed E-state index contributed by atoms with van der Waals surface area (Å²) in [6.45, 7) is 5.67. The molecule has 0 radical (unpaired) electrons. The van der Waals surface area contributed by atoms with E-state index >= 15 is 0 Å². The minimum Gasteiger partial charge on any atom is -0.507 e. The van der Waals surface area contributed by atoms with E-state index in [9.17, 15) is 9.90 Å². The van der Waals surface area contributed by atoms with Crippen molar-refractivity contribution in [3.63, 3.8) is 0 Å². The molecule has 8 nitrogen and oxygen atoms in total. The number of ether oxygens (including phenoxy) is 1. The highest BCUT2D eigenvalue weighted by atomic mass is 16.5. The molecule has 1 heterocycles. The summed E-state index contributed by atoms with van der Waals surface area (Å²) >= 11 is 0. The average molecular weight is 391 g/mol. The standard InChI is InChI=1S/C21H21N5O3/c1-3-10-22-21-24-14(2)11-20(25-21)29-13-19(28)26-23-12-17-16-7-5-4-6-15(16)8-9-18(17)27/h3-9,11-12,27H,1,10,13H2,2H3,(H,26,28)(H,22,24,25). The van der Waals surface area contributed by atoms with Crippen LogP contribution in [0.4, 0.5) is 5.95 Å². The van der Waals surface area contributed by atoms with Crippen molar-refractivity contribution in [2.24, 2.45) is 5.10 Å². The Kier molecular flexibility index (Phi) is 6.36. The van der Waals surface area contributed by atoms with Crippen molar-refractivity contribution < 1.29 is 14.6 Å². The molecular weight excluding hydrogens is 370 g/mol. The Morgan fingerprint density at radius 2 is 2.10 bits per heavy atom. The van der Waals surface area contributed by atoms with E-state index in [2.05, 4.69) is 32.4 Å². The topological polar surface area (TPSA) is 109 Å². The summed E-state index contributed by atoms with van der Waals surface area (Å²) in [6, 6.07) is 12.6. The van der Waals surface area contributed by atoms with Crippen LogP contribution in [0.1, 0.15) is 11.3 Å². The average Bonchev–Trinajstić information content (AvgIpc) is 2.72. The number of rotatable bonds is 8. The maximum Gasteiger partial charge on any atom is 0.278 e. The fraction of sp³-hybridized carbons (Fsp3) is 0.143. The van der Waals surface area contributed by atoms with Gasteiger partial charge in [0.25, 0.3) is 5.91 Å². The van der Waals surface area contributed by atoms with Crippen LogP contribution in [0.2, 0.25) is 0 Å². The number of hydrazone groups is 1. The number of carbonyl (C=O) groups excluding carboxylic acids is 1. The van der Waals surface area contributed by atoms with E-state index in [0.717, 1.165) is 10.8 Å². The number of aryl methyl sites for hydroxylation is 1. The van der Waals surface area contributed by atoms with Gasteiger partial charge >= 0.3 is 0 Å². The highest BCUT2D eigenvalue weighted by Gasteiger charge is 2.07. The number of phenols is 1. The summed E-state index contributed by atoms with van der Waals surface area (Å²) in [7, 11) is 0. The number of aromatic hydroxyl groups is 1. The lowest BCUT2D eigenvalue weighted by Crippen LogP contribution is -2.25. The van der Waals surface area contributed by atoms with Crippen LogP contribution in [0.3, 0.4) is 0 Å². The molecule has 0 spiro atoms. The first-order valence-electron chi connectivity index (χ1n) is 8.92. The van der Waals surface area contributed by atoms with Gasteiger partial charge in [0.1, 0.15) is 5.75 Å². The van der Waals surface area contributed by atoms with Gasteiger partial charge in [-0.05, 0) is 23.8 Å². The first kappa shape index (κ1) is 19.8. The molecule has 8 heteroatoms. The van der Waals surface area contributed by atoms with E-state index in [-0.39, 0.29) is 18.2 Å². The number of carbonyl (C=O) groups is 1. The Bertz CT molecular complexity index is 1070. The number of nitrogens with zero attached hydrogens (tertiary/aromatic N) is 3. The molecule has 0 aliphatic rings. The number of fused-ring (bicyclic) bond motifs is 1. The van der Waals surface area contributed by atoms with E-state index in [1.807, 2.05) is 30.3 Å². The molecule has 1 aromatic heterocycles. The second kappa shape index (κ2) is 9.32. The molecule has 3 rings (SSSR count). The molecule has 0 fully saturated rings. The van der Waals surface area contributed by atoms with E-state index < -0.39 is 5.91 Å². The largest absolute Gasteiger partial charge is 0.507 e. The number of nitrogens with one attached hydrogen (secondary N) is 2. The summed E-state index contributed by atoms with van der Waals surface area (Å²) in [6.07, 6.45) is 3.09. The Balaban J connectivity index is 1.60. The van der Waals surface area contributed by atoms with Gasteiger partial charge in [-0.25, -0.2) is 10.4 Å². The molecule has 148 valence electrons. The van der Waals surface area contributed by atoms with Crippen LogP contribution in [0.5, 0.6) is 11.6 Å². The second-order valence-electron chi connectivity index (χ2n) is 6.14. The Hall–Kier alpha value is -3.94. The molecule has 3 aromatic rings. The number of aromatic nitrogens is 2. The molecule has 0 atom stereocenters. The summed E-state index contributed by atoms with van der Waals surface area (Å²) in [5.41, 5.74) is 3.60. The maximum absolute atomic E-state index is 12.0. The van der Waals surface area contributed by atoms with Gasteiger partial charge in [0, 0.05) is 23.9 Å². The number of hydrogen-bond acceptors (Lipinski definition) is 7. The fourth-order valence-electron chi connectivity index (χ4n) is 2.62. The Labute approximate surface area is 168 Å². The molecular formula is C21H21N5O3. The molecule has 3 N–H and O–H groups in total. The van der Waals surface area contributed by atoms with Crippen molar-refractivity contribution in [1.29, 1.82) is 0 Å². The lowest BCUT2D eigenvalue weighted by atomic mass is 10.0. The number of phenolic OH excluding ortho intramolecular Hbond substituents is 1. The number of benzene rings is 2. The molecule has 0 aliphatic heterocycles. The van der Waals surface area contributed by atoms with Gasteiger partial charge in [0.15, 0.2) is 6.61 Å². The zero-order valence-electron chi connectivity index (χ0n) is 15.9. The normalized spacial score (nSPS) is 10.8. The van der Waals surface area contributed by atoms with Gasteiger partial charge in [0.05, 0.1) is 6.21 Å². The highest BCUT2D eigenvalue weighted by molar-refractivity contribution is 6.02. The van der Waals surface area contributed by atoms with Crippen molar-refractivity contribution in [1.82, 2.24) is 15.4 Å². The predicted octanol–water partition coefficient (Wildman–Crippen LogP) is 2.77. The van der Waals surface area contributed by atoms with Gasteiger partial charge in [0.2, 0.25) is 11.8 Å². The van der Waals surface area contributed by atoms with E-state index in [1.165, 1.54) is 6.21 Å². The zero-order valence-corrected chi connectivity index (χ0v) is 15.9. The summed E-state index contributed by atoms with van der Waals surface area (Å²) < 4.78 is 5.41. The Morgan fingerprint density at radius 3 is 2.93 bits per heavy atom. The second-order valence-corrected chi connectivity index (χ2v) is 6.14. The van der Waals surface area contributed by atoms with Crippen LogP contribution in [-0.4, -0.2) is 40.3 Å². The Morgan fingerprint density at radius 1 is 1.28 bits per heavy atom. The quantitative estimate of drug-likeness (QED) is 0.310. The van der Waals surface area contributed by atoms with Crippen molar-refractivity contribution in [2.45, 2.75) is 6.92 Å². The van der Waals surface area contributed by atoms with E-state index in [4.69, 9.17) is 4.74 Å². The summed E-state index contributed by atoms with van der Waals surface area (Å²) in [5, 5.41) is 18.8. The maximum atomic E-state index is 12.0. The lowest BCUT2D eigenvalue weighted by molar-refractivity contribution is -0.123. The van der Waals surface area contributed by atoms with Gasteiger partial charge in [-0.15, -0.1) is 6.58 Å². The smallest absolute Gasteiger partial charge is 0.278 e. The molecule has 1 amide bonds. The predicted molar refractivity (Wildman–Crippen MR) is 112 cm³/mol. The number of hydrogen-bond donors (Lipinski definition) is 3. The first-order valence-corrected chi connectivity index (χ1v) is 8.92. The number of anilines is 1. The van der Waals surface area contributed by atoms with Crippen LogP contribution >= 0.6 is 0 Å². The lowest BCUT2D eigenvalue weighted by Gasteiger charge is -2.08. The SMILES string of the molecule is C=CCNc1nc(C)cc(OCC(=O)NN=Cc2c(O)ccc3ccccc23)n1. The monoisotopic (exact) mass is 391 g/mol. The first-order chi connectivity index (χ1) is 14.1. The highest BCUT2D eigenvalue weighted by Crippen LogP contribution is 2.25. The molecule has 0 aliphatic carbocycles. The van der Waals surface area contributed by atoms with E-state index in [0.29, 0.717) is 23.8 Å². The van der Waals surface area contributed by atoms with Gasteiger partial charge in [-0.1, -0.05) is 36.4 Å². The van der Waals surface area contributed by atoms with Gasteiger partial charge in [-0.2, -0.15) is 10.1 Å². The van der Waals surface area contributed by atoms with E-state index in [1.54, 1.807) is 25.1 Å². The summed E-state index contributed by atoms with van der Waals surface area (Å²) in [4.78, 5) is 20.4. The third kappa shape index (κ3) is 5.29. The van der Waals surface area contributed by atoms with Crippen molar-refractivity contribution in [3.05, 3.63) is 66.4 Å². The van der Waals surface area contributed by atoms with Crippen LogP contribution in [0, 0.1) is 6.92 Å². The molecule has 29 heavy (non-hydrogen) atoms. The third-order valence-corrected chi connectivity index (χ3v) is 3.92. The van der Waals surface area contributed by atoms with Crippen LogP contribution in [0.25, 0.3) is 10.8 Å². The van der Waals surface area contributed by atoms with Crippen LogP contribution < -0.4 is 15.5 Å². The number of amides is 1. The third-order valence-electron chi connectivity index (χ3n) is 3.92. The van der Waals surface area contributed by atoms with Crippen molar-refractivity contribution >= 4 is 28.8 Å². The minimum absolute atomic E-state index is 0.0777. The van der Waals surface area contributed by atoms with Gasteiger partial charge in [-0.3, -0.25) is 4.79 Å². The minimum atomic E-state index is -0.460. The zero-order chi connectivity index (χ0) is 20.6. The molecule has 0 bridgehead atoms. The van der Waals surface area contributed by atoms with Gasteiger partial charge < -0.3 is 15.2 Å². The fourth-order valence-corrected chi connectivity index (χ4v) is 2.62. The molecule has 0 unspecified atom stereocenters. The van der Waals surface area contributed by atoms with Crippen molar-refractivity contribution in [2.75, 3.05) is 18.5 Å². The molecule has 0 saturated heterocycles.